The maximum Gasteiger partial charge on any atom is 0.288 e. The molecule has 8 heteroatoms. The zero-order chi connectivity index (χ0) is 19.7. The molecule has 2 aliphatic rings. The van der Waals surface area contributed by atoms with Gasteiger partial charge in [-0.2, -0.15) is 4.99 Å². The van der Waals surface area contributed by atoms with Crippen molar-refractivity contribution in [1.29, 1.82) is 0 Å². The molecular weight excluding hydrogens is 396 g/mol. The van der Waals surface area contributed by atoms with Crippen molar-refractivity contribution >= 4 is 38.4 Å². The number of anilines is 1. The van der Waals surface area contributed by atoms with Gasteiger partial charge < -0.3 is 9.64 Å². The van der Waals surface area contributed by atoms with Crippen LogP contribution >= 0.6 is 11.8 Å². The van der Waals surface area contributed by atoms with E-state index in [0.29, 0.717) is 10.9 Å². The van der Waals surface area contributed by atoms with Crippen LogP contribution in [0.3, 0.4) is 0 Å². The average Bonchev–Trinajstić information content (AvgIpc) is 3.13. The molecule has 28 heavy (non-hydrogen) atoms. The Morgan fingerprint density at radius 2 is 1.75 bits per heavy atom. The number of para-hydroxylation sites is 2. The van der Waals surface area contributed by atoms with E-state index in [-0.39, 0.29) is 22.8 Å². The van der Waals surface area contributed by atoms with E-state index in [1.165, 1.54) is 11.8 Å². The third-order valence-electron chi connectivity index (χ3n) is 4.71. The van der Waals surface area contributed by atoms with Gasteiger partial charge in [-0.25, -0.2) is 8.42 Å². The number of amides is 1. The number of hydrogen-bond acceptors (Lipinski definition) is 5. The second kappa shape index (κ2) is 7.60. The Kier molecular flexibility index (Phi) is 5.16. The summed E-state index contributed by atoms with van der Waals surface area (Å²) in [6, 6.07) is 18.4. The van der Waals surface area contributed by atoms with Gasteiger partial charge in [-0.3, -0.25) is 4.79 Å². The van der Waals surface area contributed by atoms with Crippen LogP contribution in [0.25, 0.3) is 0 Å². The van der Waals surface area contributed by atoms with E-state index < -0.39 is 21.8 Å². The lowest BCUT2D eigenvalue weighted by Crippen LogP contribution is -2.38. The summed E-state index contributed by atoms with van der Waals surface area (Å²) in [7, 11) is -3.08. The number of hydrogen-bond donors (Lipinski definition) is 0. The molecule has 146 valence electrons. The molecule has 2 aliphatic heterocycles. The molecule has 0 N–H and O–H groups in total. The Morgan fingerprint density at radius 3 is 2.43 bits per heavy atom. The molecule has 6 nitrogen and oxygen atoms in total. The van der Waals surface area contributed by atoms with Crippen LogP contribution in [0.4, 0.5) is 5.69 Å². The number of nitrogens with zero attached hydrogens (tertiary/aromatic N) is 2. The monoisotopic (exact) mass is 416 g/mol. The van der Waals surface area contributed by atoms with E-state index in [4.69, 9.17) is 4.74 Å². The van der Waals surface area contributed by atoms with Gasteiger partial charge >= 0.3 is 0 Å². The van der Waals surface area contributed by atoms with Gasteiger partial charge in [0.25, 0.3) is 5.91 Å². The Bertz CT molecular complexity index is 993. The van der Waals surface area contributed by atoms with Gasteiger partial charge in [-0.15, -0.1) is 0 Å². The molecule has 3 atom stereocenters. The molecule has 2 saturated heterocycles. The smallest absolute Gasteiger partial charge is 0.288 e. The minimum absolute atomic E-state index is 0.0723. The second-order valence-electron chi connectivity index (χ2n) is 6.81. The largest absolute Gasteiger partial charge is 0.481 e. The molecule has 0 aromatic heterocycles. The molecule has 0 aliphatic carbocycles. The maximum atomic E-state index is 12.7. The van der Waals surface area contributed by atoms with Crippen LogP contribution in [0.1, 0.15) is 6.92 Å². The van der Waals surface area contributed by atoms with Gasteiger partial charge in [0, 0.05) is 10.9 Å². The number of ether oxygens (including phenoxy) is 1. The molecule has 0 saturated carbocycles. The molecule has 2 aromatic carbocycles. The SMILES string of the molecule is C[C@@H](Oc1ccccc1)C(=O)N=C1S[C@H]2CS(=O)(=O)C[C@@H]2N1c1ccccc1. The van der Waals surface area contributed by atoms with Crippen molar-refractivity contribution in [2.24, 2.45) is 4.99 Å². The quantitative estimate of drug-likeness (QED) is 0.763. The number of fused-ring (bicyclic) bond motifs is 1. The number of benzene rings is 2. The van der Waals surface area contributed by atoms with Gasteiger partial charge in [0.15, 0.2) is 21.1 Å². The summed E-state index contributed by atoms with van der Waals surface area (Å²) in [5.41, 5.74) is 0.836. The fourth-order valence-electron chi connectivity index (χ4n) is 3.39. The highest BCUT2D eigenvalue weighted by molar-refractivity contribution is 8.16. The molecule has 2 fully saturated rings. The molecule has 2 heterocycles. The highest BCUT2D eigenvalue weighted by Crippen LogP contribution is 2.40. The topological polar surface area (TPSA) is 76.0 Å². The first-order valence-electron chi connectivity index (χ1n) is 8.98. The Balaban J connectivity index is 1.59. The normalized spacial score (nSPS) is 25.5. The molecule has 0 bridgehead atoms. The first-order valence-corrected chi connectivity index (χ1v) is 11.7. The van der Waals surface area contributed by atoms with Crippen molar-refractivity contribution in [2.45, 2.75) is 24.3 Å². The van der Waals surface area contributed by atoms with Gasteiger partial charge in [0.1, 0.15) is 5.75 Å². The standard InChI is InChI=1S/C20H20N2O4S2/c1-14(26-16-10-6-3-7-11-16)19(23)21-20-22(15-8-4-2-5-9-15)17-12-28(24,25)13-18(17)27-20/h2-11,14,17-18H,12-13H2,1H3/t14-,17+,18+/m1/s1. The third-order valence-corrected chi connectivity index (χ3v) is 7.92. The van der Waals surface area contributed by atoms with E-state index in [0.717, 1.165) is 5.69 Å². The fraction of sp³-hybridized carbons (Fsp3) is 0.300. The number of carbonyl (C=O) groups excluding carboxylic acids is 1. The average molecular weight is 417 g/mol. The summed E-state index contributed by atoms with van der Waals surface area (Å²) < 4.78 is 29.9. The van der Waals surface area contributed by atoms with Crippen LogP contribution in [0.2, 0.25) is 0 Å². The van der Waals surface area contributed by atoms with Crippen molar-refractivity contribution < 1.29 is 17.9 Å². The summed E-state index contributed by atoms with van der Waals surface area (Å²) in [6.07, 6.45) is -0.739. The van der Waals surface area contributed by atoms with Crippen molar-refractivity contribution in [3.05, 3.63) is 60.7 Å². The lowest BCUT2D eigenvalue weighted by molar-refractivity contribution is -0.123. The number of aliphatic imine (C=N–C) groups is 1. The number of thioether (sulfide) groups is 1. The lowest BCUT2D eigenvalue weighted by Gasteiger charge is -2.24. The van der Waals surface area contributed by atoms with Crippen LogP contribution in [-0.4, -0.2) is 48.4 Å². The summed E-state index contributed by atoms with van der Waals surface area (Å²) in [4.78, 5) is 18.8. The Hall–Kier alpha value is -2.32. The van der Waals surface area contributed by atoms with Gasteiger partial charge in [-0.1, -0.05) is 48.2 Å². The Labute approximate surface area is 168 Å². The fourth-order valence-corrected chi connectivity index (χ4v) is 7.31. The zero-order valence-electron chi connectivity index (χ0n) is 15.3. The summed E-state index contributed by atoms with van der Waals surface area (Å²) in [5, 5.41) is 0.409. The van der Waals surface area contributed by atoms with Crippen molar-refractivity contribution in [3.8, 4) is 5.75 Å². The first-order chi connectivity index (χ1) is 13.4. The van der Waals surface area contributed by atoms with Crippen LogP contribution in [0, 0.1) is 0 Å². The molecule has 2 aromatic rings. The predicted octanol–water partition coefficient (Wildman–Crippen LogP) is 2.76. The number of carbonyl (C=O) groups is 1. The van der Waals surface area contributed by atoms with Gasteiger partial charge in [0.05, 0.1) is 17.5 Å². The van der Waals surface area contributed by atoms with Crippen LogP contribution < -0.4 is 9.64 Å². The Morgan fingerprint density at radius 1 is 1.11 bits per heavy atom. The molecular formula is C20H20N2O4S2. The summed E-state index contributed by atoms with van der Waals surface area (Å²) >= 11 is 1.36. The van der Waals surface area contributed by atoms with E-state index in [2.05, 4.69) is 4.99 Å². The molecule has 1 amide bonds. The highest BCUT2D eigenvalue weighted by Gasteiger charge is 2.49. The van der Waals surface area contributed by atoms with Crippen molar-refractivity contribution in [1.82, 2.24) is 0 Å². The van der Waals surface area contributed by atoms with E-state index in [9.17, 15) is 13.2 Å². The van der Waals surface area contributed by atoms with Crippen molar-refractivity contribution in [2.75, 3.05) is 16.4 Å². The van der Waals surface area contributed by atoms with Gasteiger partial charge in [0.2, 0.25) is 0 Å². The first kappa shape index (κ1) is 19.0. The van der Waals surface area contributed by atoms with Crippen molar-refractivity contribution in [3.63, 3.8) is 0 Å². The molecule has 0 unspecified atom stereocenters. The number of rotatable bonds is 4. The number of sulfone groups is 1. The van der Waals surface area contributed by atoms with E-state index >= 15 is 0 Å². The van der Waals surface area contributed by atoms with Crippen LogP contribution in [0.5, 0.6) is 5.75 Å². The third kappa shape index (κ3) is 3.93. The zero-order valence-corrected chi connectivity index (χ0v) is 16.9. The van der Waals surface area contributed by atoms with E-state index in [1.807, 2.05) is 53.4 Å². The number of amidine groups is 1. The molecule has 0 spiro atoms. The highest BCUT2D eigenvalue weighted by atomic mass is 32.2. The van der Waals surface area contributed by atoms with Crippen LogP contribution in [-0.2, 0) is 14.6 Å². The minimum atomic E-state index is -3.08. The lowest BCUT2D eigenvalue weighted by atomic mass is 10.2. The van der Waals surface area contributed by atoms with E-state index in [1.54, 1.807) is 19.1 Å². The molecule has 0 radical (unpaired) electrons. The minimum Gasteiger partial charge on any atom is -0.481 e. The predicted molar refractivity (Wildman–Crippen MR) is 112 cm³/mol. The maximum absolute atomic E-state index is 12.7. The van der Waals surface area contributed by atoms with Gasteiger partial charge in [-0.05, 0) is 31.2 Å². The summed E-state index contributed by atoms with van der Waals surface area (Å²) in [5.74, 6) is 0.387. The second-order valence-corrected chi connectivity index (χ2v) is 10.2. The van der Waals surface area contributed by atoms with Crippen LogP contribution in [0.15, 0.2) is 65.7 Å². The molecule has 4 rings (SSSR count). The summed E-state index contributed by atoms with van der Waals surface area (Å²) in [6.45, 7) is 1.66.